The summed E-state index contributed by atoms with van der Waals surface area (Å²) in [4.78, 5) is 17.9. The van der Waals surface area contributed by atoms with E-state index in [4.69, 9.17) is 0 Å². The van der Waals surface area contributed by atoms with Crippen LogP contribution in [-0.2, 0) is 0 Å². The lowest BCUT2D eigenvalue weighted by molar-refractivity contribution is 0.0756. The minimum Gasteiger partial charge on any atom is -0.350 e. The molecule has 1 aromatic heterocycles. The Balaban J connectivity index is 1.94. The summed E-state index contributed by atoms with van der Waals surface area (Å²) in [6, 6.07) is 8.11. The van der Waals surface area contributed by atoms with Crippen LogP contribution < -0.4 is 0 Å². The summed E-state index contributed by atoms with van der Waals surface area (Å²) >= 11 is 0. The Morgan fingerprint density at radius 3 is 2.47 bits per heavy atom. The number of amides is 1. The molecule has 100 valence electrons. The summed E-state index contributed by atoms with van der Waals surface area (Å²) in [5.41, 5.74) is 2.89. The fourth-order valence-corrected chi connectivity index (χ4v) is 2.93. The van der Waals surface area contributed by atoms with Crippen LogP contribution in [0.2, 0.25) is 0 Å². The van der Waals surface area contributed by atoms with E-state index in [9.17, 15) is 4.79 Å². The third-order valence-electron chi connectivity index (χ3n) is 4.07. The van der Waals surface area contributed by atoms with Crippen molar-refractivity contribution in [1.82, 2.24) is 9.88 Å². The zero-order valence-electron chi connectivity index (χ0n) is 11.4. The van der Waals surface area contributed by atoms with Crippen LogP contribution in [0.25, 0.3) is 10.9 Å². The molecule has 0 spiro atoms. The van der Waals surface area contributed by atoms with Gasteiger partial charge in [0.2, 0.25) is 0 Å². The van der Waals surface area contributed by atoms with Crippen molar-refractivity contribution < 1.29 is 4.79 Å². The van der Waals surface area contributed by atoms with Gasteiger partial charge in [0.1, 0.15) is 5.69 Å². The first-order valence-corrected chi connectivity index (χ1v) is 7.14. The first-order valence-electron chi connectivity index (χ1n) is 7.14. The van der Waals surface area contributed by atoms with Crippen LogP contribution in [0.4, 0.5) is 0 Å². The van der Waals surface area contributed by atoms with Crippen molar-refractivity contribution in [3.63, 3.8) is 0 Å². The van der Waals surface area contributed by atoms with Crippen molar-refractivity contribution in [2.24, 2.45) is 0 Å². The fraction of sp³-hybridized carbons (Fsp3) is 0.438. The Hall–Kier alpha value is -1.77. The predicted molar refractivity (Wildman–Crippen MR) is 77.4 cm³/mol. The van der Waals surface area contributed by atoms with Crippen LogP contribution in [0.5, 0.6) is 0 Å². The lowest BCUT2D eigenvalue weighted by Gasteiger charge is -2.19. The molecule has 0 saturated carbocycles. The number of rotatable bonds is 1. The Labute approximate surface area is 113 Å². The highest BCUT2D eigenvalue weighted by atomic mass is 16.2. The molecule has 0 unspecified atom stereocenters. The molecule has 1 amide bonds. The number of likely N-dealkylation sites (tertiary alicyclic amines) is 1. The van der Waals surface area contributed by atoms with E-state index in [2.05, 4.69) is 11.1 Å². The van der Waals surface area contributed by atoms with Gasteiger partial charge in [0, 0.05) is 24.0 Å². The molecule has 0 radical (unpaired) electrons. The van der Waals surface area contributed by atoms with Crippen LogP contribution >= 0.6 is 0 Å². The molecule has 1 aromatic carbocycles. The van der Waals surface area contributed by atoms with Gasteiger partial charge in [-0.2, -0.15) is 0 Å². The van der Waals surface area contributed by atoms with Gasteiger partial charge in [-0.25, -0.2) is 0 Å². The summed E-state index contributed by atoms with van der Waals surface area (Å²) in [5.74, 6) is 0.163. The third-order valence-corrected chi connectivity index (χ3v) is 4.07. The average Bonchev–Trinajstić information content (AvgIpc) is 2.64. The van der Waals surface area contributed by atoms with Crippen LogP contribution in [0, 0.1) is 6.92 Å². The molecule has 2 aromatic rings. The zero-order chi connectivity index (χ0) is 13.2. The van der Waals surface area contributed by atoms with E-state index in [1.165, 1.54) is 12.8 Å². The van der Waals surface area contributed by atoms with E-state index >= 15 is 0 Å². The molecular formula is C16H20N2O. The summed E-state index contributed by atoms with van der Waals surface area (Å²) in [6.07, 6.45) is 4.75. The number of nitrogens with zero attached hydrogens (tertiary/aromatic N) is 1. The number of hydrogen-bond donors (Lipinski definition) is 1. The molecule has 1 N–H and O–H groups in total. The Morgan fingerprint density at radius 1 is 1.11 bits per heavy atom. The van der Waals surface area contributed by atoms with E-state index < -0.39 is 0 Å². The van der Waals surface area contributed by atoms with Crippen LogP contribution in [0.1, 0.15) is 41.7 Å². The number of aromatic nitrogens is 1. The molecule has 3 heteroatoms. The molecule has 19 heavy (non-hydrogen) atoms. The van der Waals surface area contributed by atoms with Gasteiger partial charge in [-0.1, -0.05) is 31.0 Å². The Kier molecular flexibility index (Phi) is 3.28. The quantitative estimate of drug-likeness (QED) is 0.833. The van der Waals surface area contributed by atoms with Crippen molar-refractivity contribution >= 4 is 16.8 Å². The number of carbonyl (C=O) groups is 1. The number of H-pyrrole nitrogens is 1. The van der Waals surface area contributed by atoms with E-state index in [-0.39, 0.29) is 5.91 Å². The van der Waals surface area contributed by atoms with Crippen molar-refractivity contribution in [3.05, 3.63) is 35.5 Å². The highest BCUT2D eigenvalue weighted by molar-refractivity contribution is 6.00. The number of benzene rings is 1. The maximum Gasteiger partial charge on any atom is 0.270 e. The minimum absolute atomic E-state index is 0.163. The second-order valence-corrected chi connectivity index (χ2v) is 5.38. The molecule has 3 nitrogen and oxygen atoms in total. The van der Waals surface area contributed by atoms with E-state index in [0.29, 0.717) is 0 Å². The van der Waals surface area contributed by atoms with Crippen LogP contribution in [-0.4, -0.2) is 28.9 Å². The van der Waals surface area contributed by atoms with Gasteiger partial charge in [0.25, 0.3) is 5.91 Å². The lowest BCUT2D eigenvalue weighted by atomic mass is 10.1. The second kappa shape index (κ2) is 5.08. The lowest BCUT2D eigenvalue weighted by Crippen LogP contribution is -2.32. The number of carbonyl (C=O) groups excluding carboxylic acids is 1. The summed E-state index contributed by atoms with van der Waals surface area (Å²) in [7, 11) is 0. The maximum atomic E-state index is 12.6. The summed E-state index contributed by atoms with van der Waals surface area (Å²) in [5, 5.41) is 1.15. The minimum atomic E-state index is 0.163. The first-order chi connectivity index (χ1) is 9.27. The Bertz CT molecular complexity index is 592. The van der Waals surface area contributed by atoms with Crippen LogP contribution in [0.15, 0.2) is 24.3 Å². The molecule has 0 aliphatic carbocycles. The van der Waals surface area contributed by atoms with E-state index in [1.807, 2.05) is 30.0 Å². The molecule has 2 heterocycles. The number of aromatic amines is 1. The maximum absolute atomic E-state index is 12.6. The van der Waals surface area contributed by atoms with Gasteiger partial charge in [-0.05, 0) is 31.4 Å². The normalized spacial score (nSPS) is 16.6. The fourth-order valence-electron chi connectivity index (χ4n) is 2.93. The van der Waals surface area contributed by atoms with Crippen molar-refractivity contribution in [3.8, 4) is 0 Å². The van der Waals surface area contributed by atoms with Gasteiger partial charge in [-0.3, -0.25) is 4.79 Å². The molecule has 0 atom stereocenters. The smallest absolute Gasteiger partial charge is 0.270 e. The summed E-state index contributed by atoms with van der Waals surface area (Å²) in [6.45, 7) is 3.82. The molecular weight excluding hydrogens is 236 g/mol. The molecule has 1 aliphatic rings. The van der Waals surface area contributed by atoms with Crippen molar-refractivity contribution in [2.75, 3.05) is 13.1 Å². The van der Waals surface area contributed by atoms with Crippen molar-refractivity contribution in [1.29, 1.82) is 0 Å². The van der Waals surface area contributed by atoms with Gasteiger partial charge in [-0.15, -0.1) is 0 Å². The summed E-state index contributed by atoms with van der Waals surface area (Å²) < 4.78 is 0. The SMILES string of the molecule is Cc1c(C(=O)N2CCCCCC2)[nH]c2ccccc12. The zero-order valence-corrected chi connectivity index (χ0v) is 11.4. The standard InChI is InChI=1S/C16H20N2O/c1-12-13-8-4-5-9-14(13)17-15(12)16(19)18-10-6-2-3-7-11-18/h4-5,8-9,17H,2-3,6-7,10-11H2,1H3. The molecule has 1 aliphatic heterocycles. The monoisotopic (exact) mass is 256 g/mol. The van der Waals surface area contributed by atoms with Gasteiger partial charge >= 0.3 is 0 Å². The number of para-hydroxylation sites is 1. The largest absolute Gasteiger partial charge is 0.350 e. The number of aryl methyl sites for hydroxylation is 1. The van der Waals surface area contributed by atoms with Gasteiger partial charge in [0.15, 0.2) is 0 Å². The van der Waals surface area contributed by atoms with E-state index in [0.717, 1.165) is 48.1 Å². The van der Waals surface area contributed by atoms with E-state index in [1.54, 1.807) is 0 Å². The Morgan fingerprint density at radius 2 is 1.79 bits per heavy atom. The van der Waals surface area contributed by atoms with Gasteiger partial charge in [0.05, 0.1) is 0 Å². The second-order valence-electron chi connectivity index (χ2n) is 5.38. The molecule has 3 rings (SSSR count). The number of hydrogen-bond acceptors (Lipinski definition) is 1. The highest BCUT2D eigenvalue weighted by Gasteiger charge is 2.21. The average molecular weight is 256 g/mol. The van der Waals surface area contributed by atoms with Gasteiger partial charge < -0.3 is 9.88 Å². The van der Waals surface area contributed by atoms with Crippen molar-refractivity contribution in [2.45, 2.75) is 32.6 Å². The topological polar surface area (TPSA) is 36.1 Å². The number of nitrogens with one attached hydrogen (secondary N) is 1. The number of fused-ring (bicyclic) bond motifs is 1. The molecule has 1 saturated heterocycles. The molecule has 1 fully saturated rings. The third kappa shape index (κ3) is 2.25. The highest BCUT2D eigenvalue weighted by Crippen LogP contribution is 2.23. The predicted octanol–water partition coefficient (Wildman–Crippen LogP) is 3.49. The molecule has 0 bridgehead atoms. The first kappa shape index (κ1) is 12.3. The van der Waals surface area contributed by atoms with Crippen LogP contribution in [0.3, 0.4) is 0 Å².